The summed E-state index contributed by atoms with van der Waals surface area (Å²) < 4.78 is 5.46. The fraction of sp³-hybridized carbons (Fsp3) is 0.714. The Labute approximate surface area is 119 Å². The normalized spacial score (nSPS) is 22.8. The van der Waals surface area contributed by atoms with E-state index in [-0.39, 0.29) is 0 Å². The first-order valence-electron chi connectivity index (χ1n) is 7.45. The van der Waals surface area contributed by atoms with Crippen LogP contribution in [0.15, 0.2) is 6.33 Å². The van der Waals surface area contributed by atoms with Gasteiger partial charge in [0.1, 0.15) is 6.33 Å². The van der Waals surface area contributed by atoms with Gasteiger partial charge in [-0.2, -0.15) is 0 Å². The second-order valence-corrected chi connectivity index (χ2v) is 5.49. The quantitative estimate of drug-likeness (QED) is 0.823. The Kier molecular flexibility index (Phi) is 3.91. The first-order chi connectivity index (χ1) is 9.81. The van der Waals surface area contributed by atoms with Crippen molar-refractivity contribution in [3.63, 3.8) is 0 Å². The molecule has 110 valence electrons. The van der Waals surface area contributed by atoms with Gasteiger partial charge in [0.25, 0.3) is 0 Å². The summed E-state index contributed by atoms with van der Waals surface area (Å²) in [6, 6.07) is 1.29. The van der Waals surface area contributed by atoms with Crippen LogP contribution in [0.4, 0.5) is 11.6 Å². The summed E-state index contributed by atoms with van der Waals surface area (Å²) >= 11 is 0. The van der Waals surface area contributed by atoms with Crippen LogP contribution in [0.5, 0.6) is 5.75 Å². The highest BCUT2D eigenvalue weighted by Crippen LogP contribution is 2.33. The molecule has 0 amide bonds. The molecule has 1 aliphatic heterocycles. The Hall–Kier alpha value is -1.56. The number of anilines is 2. The number of rotatable bonds is 6. The van der Waals surface area contributed by atoms with Gasteiger partial charge >= 0.3 is 0 Å². The highest BCUT2D eigenvalue weighted by atomic mass is 16.5. The number of nitrogens with zero attached hydrogens (tertiary/aromatic N) is 3. The maximum atomic E-state index is 5.46. The van der Waals surface area contributed by atoms with E-state index in [1.807, 2.05) is 6.92 Å². The molecule has 1 unspecified atom stereocenters. The average molecular weight is 277 g/mol. The molecular formula is C14H23N5O. The lowest BCUT2D eigenvalue weighted by atomic mass is 10.2. The van der Waals surface area contributed by atoms with Crippen LogP contribution < -0.4 is 15.4 Å². The van der Waals surface area contributed by atoms with Crippen LogP contribution in [-0.4, -0.2) is 53.7 Å². The van der Waals surface area contributed by atoms with Gasteiger partial charge < -0.3 is 15.4 Å². The zero-order valence-corrected chi connectivity index (χ0v) is 12.2. The van der Waals surface area contributed by atoms with E-state index >= 15 is 0 Å². The topological polar surface area (TPSA) is 62.3 Å². The van der Waals surface area contributed by atoms with Gasteiger partial charge in [0.05, 0.1) is 7.11 Å². The summed E-state index contributed by atoms with van der Waals surface area (Å²) in [5.74, 6) is 2.25. The Morgan fingerprint density at radius 1 is 1.30 bits per heavy atom. The van der Waals surface area contributed by atoms with Crippen molar-refractivity contribution in [3.8, 4) is 5.75 Å². The van der Waals surface area contributed by atoms with Crippen molar-refractivity contribution in [2.45, 2.75) is 38.3 Å². The molecule has 1 aliphatic carbocycles. The first kappa shape index (κ1) is 13.4. The van der Waals surface area contributed by atoms with E-state index in [1.54, 1.807) is 13.4 Å². The number of likely N-dealkylation sites (tertiary alicyclic amines) is 1. The molecule has 0 spiro atoms. The lowest BCUT2D eigenvalue weighted by Gasteiger charge is -2.18. The Balaban J connectivity index is 1.68. The summed E-state index contributed by atoms with van der Waals surface area (Å²) in [5, 5.41) is 6.72. The van der Waals surface area contributed by atoms with E-state index in [0.29, 0.717) is 11.8 Å². The third-order valence-electron chi connectivity index (χ3n) is 3.98. The van der Waals surface area contributed by atoms with Crippen LogP contribution in [0.2, 0.25) is 0 Å². The van der Waals surface area contributed by atoms with Crippen LogP contribution in [0.1, 0.15) is 26.2 Å². The minimum absolute atomic E-state index is 0.453. The molecule has 1 saturated heterocycles. The highest BCUT2D eigenvalue weighted by molar-refractivity contribution is 5.63. The molecule has 2 heterocycles. The van der Waals surface area contributed by atoms with E-state index in [1.165, 1.54) is 25.8 Å². The number of nitrogens with one attached hydrogen (secondary N) is 2. The molecule has 20 heavy (non-hydrogen) atoms. The number of hydrogen-bond donors (Lipinski definition) is 2. The molecule has 0 aromatic carbocycles. The Bertz CT molecular complexity index is 463. The largest absolute Gasteiger partial charge is 0.490 e. The maximum absolute atomic E-state index is 5.46. The molecule has 0 bridgehead atoms. The summed E-state index contributed by atoms with van der Waals surface area (Å²) in [6.45, 7) is 5.15. The maximum Gasteiger partial charge on any atom is 0.204 e. The predicted molar refractivity (Wildman–Crippen MR) is 79.4 cm³/mol. The van der Waals surface area contributed by atoms with Crippen molar-refractivity contribution in [2.75, 3.05) is 37.4 Å². The van der Waals surface area contributed by atoms with Crippen LogP contribution in [0.25, 0.3) is 0 Å². The van der Waals surface area contributed by atoms with Gasteiger partial charge in [-0.05, 0) is 26.2 Å². The van der Waals surface area contributed by atoms with Gasteiger partial charge in [-0.1, -0.05) is 0 Å². The SMILES string of the molecule is CCNc1ncnc(NC2CCN(C3CC3)C2)c1OC. The molecule has 3 rings (SSSR count). The van der Waals surface area contributed by atoms with Crippen LogP contribution >= 0.6 is 0 Å². The lowest BCUT2D eigenvalue weighted by molar-refractivity contribution is 0.326. The zero-order valence-electron chi connectivity index (χ0n) is 12.2. The second-order valence-electron chi connectivity index (χ2n) is 5.49. The fourth-order valence-corrected chi connectivity index (χ4v) is 2.83. The van der Waals surface area contributed by atoms with Gasteiger partial charge in [-0.3, -0.25) is 4.90 Å². The predicted octanol–water partition coefficient (Wildman–Crippen LogP) is 1.57. The third-order valence-corrected chi connectivity index (χ3v) is 3.98. The zero-order chi connectivity index (χ0) is 13.9. The molecule has 1 saturated carbocycles. The number of ether oxygens (including phenoxy) is 1. The lowest BCUT2D eigenvalue weighted by Crippen LogP contribution is -2.28. The van der Waals surface area contributed by atoms with Crippen molar-refractivity contribution >= 4 is 11.6 Å². The van der Waals surface area contributed by atoms with Gasteiger partial charge in [-0.15, -0.1) is 0 Å². The minimum atomic E-state index is 0.453. The summed E-state index contributed by atoms with van der Waals surface area (Å²) in [6.07, 6.45) is 5.49. The van der Waals surface area contributed by atoms with E-state index < -0.39 is 0 Å². The molecule has 2 fully saturated rings. The highest BCUT2D eigenvalue weighted by Gasteiger charge is 2.34. The second kappa shape index (κ2) is 5.83. The number of aromatic nitrogens is 2. The van der Waals surface area contributed by atoms with E-state index in [2.05, 4.69) is 25.5 Å². The van der Waals surface area contributed by atoms with Gasteiger partial charge in [0, 0.05) is 31.7 Å². The summed E-state index contributed by atoms with van der Waals surface area (Å²) in [5.41, 5.74) is 0. The fourth-order valence-electron chi connectivity index (χ4n) is 2.83. The van der Waals surface area contributed by atoms with Crippen molar-refractivity contribution < 1.29 is 4.74 Å². The molecule has 2 aliphatic rings. The number of methoxy groups -OCH3 is 1. The summed E-state index contributed by atoms with van der Waals surface area (Å²) in [4.78, 5) is 11.1. The van der Waals surface area contributed by atoms with Crippen molar-refractivity contribution in [1.29, 1.82) is 0 Å². The van der Waals surface area contributed by atoms with E-state index in [0.717, 1.165) is 30.8 Å². The van der Waals surface area contributed by atoms with E-state index in [4.69, 9.17) is 4.74 Å². The van der Waals surface area contributed by atoms with Crippen molar-refractivity contribution in [1.82, 2.24) is 14.9 Å². The third kappa shape index (κ3) is 2.80. The molecule has 0 radical (unpaired) electrons. The van der Waals surface area contributed by atoms with Crippen molar-refractivity contribution in [2.24, 2.45) is 0 Å². The molecular weight excluding hydrogens is 254 g/mol. The smallest absolute Gasteiger partial charge is 0.204 e. The van der Waals surface area contributed by atoms with Crippen LogP contribution in [0.3, 0.4) is 0 Å². The number of hydrogen-bond acceptors (Lipinski definition) is 6. The van der Waals surface area contributed by atoms with E-state index in [9.17, 15) is 0 Å². The molecule has 6 heteroatoms. The molecule has 1 aromatic rings. The minimum Gasteiger partial charge on any atom is -0.490 e. The average Bonchev–Trinajstić information content (AvgIpc) is 3.20. The molecule has 6 nitrogen and oxygen atoms in total. The first-order valence-corrected chi connectivity index (χ1v) is 7.45. The molecule has 2 N–H and O–H groups in total. The summed E-state index contributed by atoms with van der Waals surface area (Å²) in [7, 11) is 1.66. The van der Waals surface area contributed by atoms with Gasteiger partial charge in [0.2, 0.25) is 5.75 Å². The standard InChI is InChI=1S/C14H23N5O/c1-3-15-13-12(20-2)14(17-9-16-13)18-10-6-7-19(8-10)11-4-5-11/h9-11H,3-8H2,1-2H3,(H2,15,16,17,18). The monoisotopic (exact) mass is 277 g/mol. The van der Waals surface area contributed by atoms with Crippen LogP contribution in [-0.2, 0) is 0 Å². The molecule has 1 atom stereocenters. The van der Waals surface area contributed by atoms with Crippen molar-refractivity contribution in [3.05, 3.63) is 6.33 Å². The molecule has 1 aromatic heterocycles. The Morgan fingerprint density at radius 2 is 2.10 bits per heavy atom. The van der Waals surface area contributed by atoms with Gasteiger partial charge in [-0.25, -0.2) is 9.97 Å². The van der Waals surface area contributed by atoms with Crippen LogP contribution in [0, 0.1) is 0 Å². The Morgan fingerprint density at radius 3 is 2.80 bits per heavy atom. The van der Waals surface area contributed by atoms with Gasteiger partial charge in [0.15, 0.2) is 11.6 Å².